The number of furan rings is 1. The van der Waals surface area contributed by atoms with E-state index in [9.17, 15) is 13.2 Å². The second-order valence-corrected chi connectivity index (χ2v) is 7.08. The first-order valence-electron chi connectivity index (χ1n) is 6.84. The first kappa shape index (κ1) is 15.8. The van der Waals surface area contributed by atoms with Crippen LogP contribution in [0.2, 0.25) is 0 Å². The molecule has 1 aromatic rings. The van der Waals surface area contributed by atoms with Crippen molar-refractivity contribution in [3.63, 3.8) is 0 Å². The molecule has 6 nitrogen and oxygen atoms in total. The maximum Gasteiger partial charge on any atom is 0.246 e. The van der Waals surface area contributed by atoms with Gasteiger partial charge in [-0.05, 0) is 38.0 Å². The summed E-state index contributed by atoms with van der Waals surface area (Å²) in [6.07, 6.45) is 5.75. The van der Waals surface area contributed by atoms with E-state index in [1.54, 1.807) is 17.0 Å². The van der Waals surface area contributed by atoms with Crippen molar-refractivity contribution in [1.29, 1.82) is 0 Å². The lowest BCUT2D eigenvalue weighted by atomic mass is 10.1. The molecule has 0 aliphatic carbocycles. The molecule has 1 aliphatic rings. The Morgan fingerprint density at radius 1 is 1.48 bits per heavy atom. The van der Waals surface area contributed by atoms with Crippen LogP contribution in [-0.4, -0.2) is 44.6 Å². The molecule has 1 aromatic heterocycles. The summed E-state index contributed by atoms with van der Waals surface area (Å²) in [5, 5.41) is 0. The molecular weight excluding hydrogens is 292 g/mol. The molecule has 1 N–H and O–H groups in total. The zero-order valence-electron chi connectivity index (χ0n) is 12.2. The van der Waals surface area contributed by atoms with Crippen LogP contribution in [0.15, 0.2) is 22.6 Å². The molecule has 0 spiro atoms. The summed E-state index contributed by atoms with van der Waals surface area (Å²) >= 11 is 0. The Labute approximate surface area is 124 Å². The Balaban J connectivity index is 1.94. The Hall–Kier alpha value is -1.60. The fourth-order valence-electron chi connectivity index (χ4n) is 2.38. The van der Waals surface area contributed by atoms with Crippen molar-refractivity contribution in [2.24, 2.45) is 0 Å². The lowest BCUT2D eigenvalue weighted by Crippen LogP contribution is -2.48. The van der Waals surface area contributed by atoms with Crippen LogP contribution in [0.4, 0.5) is 0 Å². The second kappa shape index (κ2) is 6.44. The summed E-state index contributed by atoms with van der Waals surface area (Å²) in [6, 6.07) is 3.41. The molecule has 7 heteroatoms. The first-order valence-corrected chi connectivity index (χ1v) is 8.73. The molecule has 1 saturated heterocycles. The number of nitrogens with one attached hydrogen (secondary N) is 1. The maximum absolute atomic E-state index is 12.1. The third kappa shape index (κ3) is 5.02. The molecule has 0 unspecified atom stereocenters. The minimum atomic E-state index is -3.25. The van der Waals surface area contributed by atoms with Gasteiger partial charge in [0, 0.05) is 25.2 Å². The summed E-state index contributed by atoms with van der Waals surface area (Å²) in [5.41, 5.74) is 0. The Kier molecular flexibility index (Phi) is 4.84. The fourth-order valence-corrected chi connectivity index (χ4v) is 3.18. The average Bonchev–Trinajstić information content (AvgIpc) is 2.80. The number of sulfonamides is 1. The molecule has 0 radical (unpaired) electrons. The van der Waals surface area contributed by atoms with Gasteiger partial charge in [0.25, 0.3) is 0 Å². The van der Waals surface area contributed by atoms with Gasteiger partial charge in [0.2, 0.25) is 15.9 Å². The van der Waals surface area contributed by atoms with E-state index >= 15 is 0 Å². The summed E-state index contributed by atoms with van der Waals surface area (Å²) in [5.74, 6) is 1.28. The van der Waals surface area contributed by atoms with E-state index in [0.29, 0.717) is 18.8 Å². The number of carbonyl (C=O) groups is 1. The van der Waals surface area contributed by atoms with Crippen LogP contribution < -0.4 is 4.72 Å². The number of carbonyl (C=O) groups excluding carboxylic acids is 1. The van der Waals surface area contributed by atoms with Gasteiger partial charge in [-0.1, -0.05) is 0 Å². The van der Waals surface area contributed by atoms with Crippen molar-refractivity contribution in [3.8, 4) is 0 Å². The average molecular weight is 312 g/mol. The predicted molar refractivity (Wildman–Crippen MR) is 80.1 cm³/mol. The molecular formula is C14H20N2O4S. The first-order chi connectivity index (χ1) is 9.83. The van der Waals surface area contributed by atoms with Crippen LogP contribution in [-0.2, 0) is 14.8 Å². The largest absolute Gasteiger partial charge is 0.462 e. The van der Waals surface area contributed by atoms with Crippen molar-refractivity contribution in [2.75, 3.05) is 19.3 Å². The highest BCUT2D eigenvalue weighted by atomic mass is 32.2. The van der Waals surface area contributed by atoms with Gasteiger partial charge < -0.3 is 9.32 Å². The van der Waals surface area contributed by atoms with Gasteiger partial charge in [0.05, 0.1) is 6.26 Å². The van der Waals surface area contributed by atoms with E-state index in [2.05, 4.69) is 4.72 Å². The van der Waals surface area contributed by atoms with Gasteiger partial charge >= 0.3 is 0 Å². The summed E-state index contributed by atoms with van der Waals surface area (Å²) in [6.45, 7) is 2.88. The number of amides is 1. The number of aryl methyl sites for hydroxylation is 1. The topological polar surface area (TPSA) is 79.6 Å². The third-order valence-electron chi connectivity index (χ3n) is 3.27. The van der Waals surface area contributed by atoms with Crippen molar-refractivity contribution in [3.05, 3.63) is 29.7 Å². The minimum Gasteiger partial charge on any atom is -0.462 e. The van der Waals surface area contributed by atoms with E-state index in [-0.39, 0.29) is 11.9 Å². The van der Waals surface area contributed by atoms with Crippen LogP contribution >= 0.6 is 0 Å². The van der Waals surface area contributed by atoms with Gasteiger partial charge in [0.1, 0.15) is 11.5 Å². The number of likely N-dealkylation sites (tertiary alicyclic amines) is 1. The molecule has 2 rings (SSSR count). The smallest absolute Gasteiger partial charge is 0.246 e. The van der Waals surface area contributed by atoms with Crippen molar-refractivity contribution in [1.82, 2.24) is 9.62 Å². The number of rotatable bonds is 4. The lowest BCUT2D eigenvalue weighted by molar-refractivity contribution is -0.127. The number of hydrogen-bond acceptors (Lipinski definition) is 4. The van der Waals surface area contributed by atoms with E-state index in [1.165, 1.54) is 6.08 Å². The van der Waals surface area contributed by atoms with Gasteiger partial charge in [-0.3, -0.25) is 4.79 Å². The number of nitrogens with zero attached hydrogens (tertiary/aromatic N) is 1. The third-order valence-corrected chi connectivity index (χ3v) is 4.03. The molecule has 0 bridgehead atoms. The predicted octanol–water partition coefficient (Wildman–Crippen LogP) is 1.14. The summed E-state index contributed by atoms with van der Waals surface area (Å²) in [4.78, 5) is 13.8. The zero-order valence-corrected chi connectivity index (χ0v) is 13.0. The van der Waals surface area contributed by atoms with Crippen molar-refractivity contribution in [2.45, 2.75) is 25.8 Å². The number of piperidine rings is 1. The SMILES string of the molecule is Cc1ccc(/C=C\C(=O)N2CCC[C@@H](NS(C)(=O)=O)C2)o1. The van der Waals surface area contributed by atoms with Crippen LogP contribution in [0.25, 0.3) is 6.08 Å². The maximum atomic E-state index is 12.1. The van der Waals surface area contributed by atoms with Crippen LogP contribution in [0, 0.1) is 6.92 Å². The number of hydrogen-bond donors (Lipinski definition) is 1. The molecule has 116 valence electrons. The molecule has 1 amide bonds. The Bertz CT molecular complexity index is 633. The van der Waals surface area contributed by atoms with Gasteiger partial charge in [-0.2, -0.15) is 0 Å². The van der Waals surface area contributed by atoms with E-state index < -0.39 is 10.0 Å². The Morgan fingerprint density at radius 3 is 2.86 bits per heavy atom. The normalized spacial score (nSPS) is 20.1. The molecule has 2 heterocycles. The highest BCUT2D eigenvalue weighted by Gasteiger charge is 2.24. The van der Waals surface area contributed by atoms with E-state index in [0.717, 1.165) is 24.9 Å². The molecule has 1 fully saturated rings. The molecule has 1 atom stereocenters. The standard InChI is InChI=1S/C14H20N2O4S/c1-11-5-6-13(20-11)7-8-14(17)16-9-3-4-12(10-16)15-21(2,18)19/h5-8,12,15H,3-4,9-10H2,1-2H3/b8-7-/t12-/m1/s1. The van der Waals surface area contributed by atoms with Crippen LogP contribution in [0.1, 0.15) is 24.4 Å². The van der Waals surface area contributed by atoms with Crippen molar-refractivity contribution < 1.29 is 17.6 Å². The van der Waals surface area contributed by atoms with Crippen molar-refractivity contribution >= 4 is 22.0 Å². The molecule has 0 aromatic carbocycles. The quantitative estimate of drug-likeness (QED) is 0.846. The highest BCUT2D eigenvalue weighted by molar-refractivity contribution is 7.88. The van der Waals surface area contributed by atoms with Crippen LogP contribution in [0.5, 0.6) is 0 Å². The van der Waals surface area contributed by atoms with Gasteiger partial charge in [-0.25, -0.2) is 13.1 Å². The van der Waals surface area contributed by atoms with E-state index in [1.807, 2.05) is 13.0 Å². The fraction of sp³-hybridized carbons (Fsp3) is 0.500. The Morgan fingerprint density at radius 2 is 2.24 bits per heavy atom. The minimum absolute atomic E-state index is 0.135. The van der Waals surface area contributed by atoms with Crippen LogP contribution in [0.3, 0.4) is 0 Å². The van der Waals surface area contributed by atoms with E-state index in [4.69, 9.17) is 4.42 Å². The summed E-state index contributed by atoms with van der Waals surface area (Å²) in [7, 11) is -3.25. The summed E-state index contributed by atoms with van der Waals surface area (Å²) < 4.78 is 30.4. The second-order valence-electron chi connectivity index (χ2n) is 5.30. The van der Waals surface area contributed by atoms with Gasteiger partial charge in [0.15, 0.2) is 0 Å². The zero-order chi connectivity index (χ0) is 15.5. The molecule has 21 heavy (non-hydrogen) atoms. The van der Waals surface area contributed by atoms with Gasteiger partial charge in [-0.15, -0.1) is 0 Å². The highest BCUT2D eigenvalue weighted by Crippen LogP contribution is 2.13. The monoisotopic (exact) mass is 312 g/mol. The molecule has 1 aliphatic heterocycles. The molecule has 0 saturated carbocycles. The lowest BCUT2D eigenvalue weighted by Gasteiger charge is -2.32.